The number of nitrogens with zero attached hydrogens (tertiary/aromatic N) is 3. The number of aromatic nitrogens is 2. The quantitative estimate of drug-likeness (QED) is 0.863. The molecule has 2 aliphatic rings. The van der Waals surface area contributed by atoms with E-state index >= 15 is 0 Å². The highest BCUT2D eigenvalue weighted by atomic mass is 16.5. The summed E-state index contributed by atoms with van der Waals surface area (Å²) in [6, 6.07) is 1.96. The Morgan fingerprint density at radius 2 is 2.11 bits per heavy atom. The van der Waals surface area contributed by atoms with E-state index in [9.17, 15) is 0 Å². The number of piperazine rings is 1. The van der Waals surface area contributed by atoms with Crippen molar-refractivity contribution in [2.24, 2.45) is 5.92 Å². The third kappa shape index (κ3) is 2.72. The van der Waals surface area contributed by atoms with Crippen LogP contribution in [0.25, 0.3) is 0 Å². The molecule has 1 N–H and O–H groups in total. The molecule has 1 aromatic heterocycles. The van der Waals surface area contributed by atoms with E-state index < -0.39 is 0 Å². The fraction of sp³-hybridized carbons (Fsp3) is 0.692. The van der Waals surface area contributed by atoms with Gasteiger partial charge in [-0.3, -0.25) is 0 Å². The molecule has 0 unspecified atom stereocenters. The van der Waals surface area contributed by atoms with Crippen LogP contribution < -0.4 is 15.0 Å². The summed E-state index contributed by atoms with van der Waals surface area (Å²) in [5.41, 5.74) is 0. The lowest BCUT2D eigenvalue weighted by molar-refractivity contribution is 0.175. The molecule has 1 saturated heterocycles. The molecular weight excluding hydrogens is 228 g/mol. The predicted molar refractivity (Wildman–Crippen MR) is 70.0 cm³/mol. The van der Waals surface area contributed by atoms with Crippen LogP contribution >= 0.6 is 0 Å². The number of rotatable bonds is 4. The molecule has 1 aliphatic heterocycles. The topological polar surface area (TPSA) is 50.3 Å². The van der Waals surface area contributed by atoms with Crippen molar-refractivity contribution in [1.29, 1.82) is 0 Å². The van der Waals surface area contributed by atoms with Gasteiger partial charge in [0.1, 0.15) is 12.1 Å². The number of anilines is 1. The first-order chi connectivity index (χ1) is 8.92. The van der Waals surface area contributed by atoms with Gasteiger partial charge in [-0.05, 0) is 18.8 Å². The Morgan fingerprint density at radius 1 is 1.28 bits per heavy atom. The summed E-state index contributed by atoms with van der Waals surface area (Å²) < 4.78 is 5.75. The van der Waals surface area contributed by atoms with Crippen LogP contribution in [-0.4, -0.2) is 42.8 Å². The van der Waals surface area contributed by atoms with Gasteiger partial charge in [0.05, 0.1) is 6.61 Å². The highest BCUT2D eigenvalue weighted by Crippen LogP contribution is 2.27. The number of ether oxygens (including phenoxy) is 1. The summed E-state index contributed by atoms with van der Waals surface area (Å²) in [6.45, 7) is 4.83. The van der Waals surface area contributed by atoms with E-state index in [1.165, 1.54) is 19.3 Å². The summed E-state index contributed by atoms with van der Waals surface area (Å²) in [5.74, 6) is 2.43. The second kappa shape index (κ2) is 5.52. The van der Waals surface area contributed by atoms with Crippen molar-refractivity contribution in [1.82, 2.24) is 15.3 Å². The standard InChI is InChI=1S/C13H20N4O/c1-2-11(3-1)9-18-13-8-12(15-10-16-13)17-6-4-14-5-7-17/h8,10-11,14H,1-7,9H2. The molecule has 2 heterocycles. The van der Waals surface area contributed by atoms with E-state index in [1.54, 1.807) is 6.33 Å². The Labute approximate surface area is 108 Å². The molecule has 0 spiro atoms. The minimum absolute atomic E-state index is 0.713. The number of hydrogen-bond donors (Lipinski definition) is 1. The van der Waals surface area contributed by atoms with Gasteiger partial charge in [0.25, 0.3) is 0 Å². The van der Waals surface area contributed by atoms with Crippen molar-refractivity contribution >= 4 is 5.82 Å². The largest absolute Gasteiger partial charge is 0.477 e. The minimum Gasteiger partial charge on any atom is -0.477 e. The second-order valence-corrected chi connectivity index (χ2v) is 5.06. The molecule has 3 rings (SSSR count). The average Bonchev–Trinajstić information content (AvgIpc) is 2.38. The maximum absolute atomic E-state index is 5.75. The zero-order valence-corrected chi connectivity index (χ0v) is 10.6. The predicted octanol–water partition coefficient (Wildman–Crippen LogP) is 1.07. The summed E-state index contributed by atoms with van der Waals surface area (Å²) in [4.78, 5) is 10.8. The fourth-order valence-corrected chi connectivity index (χ4v) is 2.34. The third-order valence-electron chi connectivity index (χ3n) is 3.76. The van der Waals surface area contributed by atoms with Crippen LogP contribution in [-0.2, 0) is 0 Å². The molecule has 0 bridgehead atoms. The van der Waals surface area contributed by atoms with Crippen molar-refractivity contribution in [3.05, 3.63) is 12.4 Å². The van der Waals surface area contributed by atoms with Gasteiger partial charge in [0.2, 0.25) is 5.88 Å². The average molecular weight is 248 g/mol. The van der Waals surface area contributed by atoms with E-state index in [0.717, 1.165) is 44.5 Å². The second-order valence-electron chi connectivity index (χ2n) is 5.06. The van der Waals surface area contributed by atoms with Gasteiger partial charge in [-0.2, -0.15) is 0 Å². The lowest BCUT2D eigenvalue weighted by atomic mass is 9.86. The van der Waals surface area contributed by atoms with Crippen LogP contribution in [0.1, 0.15) is 19.3 Å². The molecule has 1 aromatic rings. The van der Waals surface area contributed by atoms with Gasteiger partial charge >= 0.3 is 0 Å². The summed E-state index contributed by atoms with van der Waals surface area (Å²) >= 11 is 0. The normalized spacial score (nSPS) is 20.6. The fourth-order valence-electron chi connectivity index (χ4n) is 2.34. The van der Waals surface area contributed by atoms with E-state index in [0.29, 0.717) is 5.88 Å². The van der Waals surface area contributed by atoms with Crippen molar-refractivity contribution < 1.29 is 4.74 Å². The van der Waals surface area contributed by atoms with E-state index in [-0.39, 0.29) is 0 Å². The molecule has 0 amide bonds. The summed E-state index contributed by atoms with van der Waals surface area (Å²) in [5, 5.41) is 3.34. The third-order valence-corrected chi connectivity index (χ3v) is 3.76. The van der Waals surface area contributed by atoms with Crippen LogP contribution in [0.5, 0.6) is 5.88 Å². The molecule has 18 heavy (non-hydrogen) atoms. The van der Waals surface area contributed by atoms with E-state index in [4.69, 9.17) is 4.74 Å². The summed E-state index contributed by atoms with van der Waals surface area (Å²) in [7, 11) is 0. The smallest absolute Gasteiger partial charge is 0.218 e. The van der Waals surface area contributed by atoms with Gasteiger partial charge in [0.15, 0.2) is 0 Å². The Kier molecular flexibility index (Phi) is 3.59. The van der Waals surface area contributed by atoms with E-state index in [2.05, 4.69) is 20.2 Å². The van der Waals surface area contributed by atoms with Crippen LogP contribution in [0.3, 0.4) is 0 Å². The van der Waals surface area contributed by atoms with Crippen LogP contribution in [0.2, 0.25) is 0 Å². The molecule has 98 valence electrons. The Hall–Kier alpha value is -1.36. The number of nitrogens with one attached hydrogen (secondary N) is 1. The molecule has 0 atom stereocenters. The maximum Gasteiger partial charge on any atom is 0.218 e. The minimum atomic E-state index is 0.713. The Morgan fingerprint density at radius 3 is 2.83 bits per heavy atom. The number of hydrogen-bond acceptors (Lipinski definition) is 5. The highest BCUT2D eigenvalue weighted by Gasteiger charge is 2.18. The van der Waals surface area contributed by atoms with Gasteiger partial charge in [-0.1, -0.05) is 6.42 Å². The molecule has 2 fully saturated rings. The zero-order chi connectivity index (χ0) is 12.2. The van der Waals surface area contributed by atoms with Crippen molar-refractivity contribution in [2.45, 2.75) is 19.3 Å². The molecule has 5 heteroatoms. The van der Waals surface area contributed by atoms with Crippen LogP contribution in [0, 0.1) is 5.92 Å². The van der Waals surface area contributed by atoms with Crippen molar-refractivity contribution in [2.75, 3.05) is 37.7 Å². The first kappa shape index (κ1) is 11.7. The van der Waals surface area contributed by atoms with Gasteiger partial charge < -0.3 is 15.0 Å². The summed E-state index contributed by atoms with van der Waals surface area (Å²) in [6.07, 6.45) is 5.56. The molecule has 0 aromatic carbocycles. The van der Waals surface area contributed by atoms with Crippen molar-refractivity contribution in [3.63, 3.8) is 0 Å². The maximum atomic E-state index is 5.75. The monoisotopic (exact) mass is 248 g/mol. The van der Waals surface area contributed by atoms with Crippen LogP contribution in [0.4, 0.5) is 5.82 Å². The Balaban J connectivity index is 1.60. The van der Waals surface area contributed by atoms with Crippen LogP contribution in [0.15, 0.2) is 12.4 Å². The first-order valence-corrected chi connectivity index (χ1v) is 6.82. The van der Waals surface area contributed by atoms with Gasteiger partial charge in [-0.25, -0.2) is 9.97 Å². The molecule has 5 nitrogen and oxygen atoms in total. The lowest BCUT2D eigenvalue weighted by Gasteiger charge is -2.28. The highest BCUT2D eigenvalue weighted by molar-refractivity contribution is 5.41. The Bertz CT molecular complexity index is 388. The van der Waals surface area contributed by atoms with E-state index in [1.807, 2.05) is 6.07 Å². The van der Waals surface area contributed by atoms with Gasteiger partial charge in [0, 0.05) is 32.2 Å². The van der Waals surface area contributed by atoms with Crippen molar-refractivity contribution in [3.8, 4) is 5.88 Å². The zero-order valence-electron chi connectivity index (χ0n) is 10.6. The SMILES string of the molecule is c1nc(OCC2CCC2)cc(N2CCNCC2)n1. The molecule has 0 radical (unpaired) electrons. The molecular formula is C13H20N4O. The molecule has 1 aliphatic carbocycles. The molecule has 1 saturated carbocycles. The first-order valence-electron chi connectivity index (χ1n) is 6.82. The lowest BCUT2D eigenvalue weighted by Crippen LogP contribution is -2.43. The van der Waals surface area contributed by atoms with Gasteiger partial charge in [-0.15, -0.1) is 0 Å².